The topological polar surface area (TPSA) is 90.5 Å². The number of carbonyl (C=O) groups is 2. The maximum absolute atomic E-state index is 12.9. The van der Waals surface area contributed by atoms with Crippen LogP contribution >= 0.6 is 0 Å². The van der Waals surface area contributed by atoms with Crippen LogP contribution in [0.4, 0.5) is 5.69 Å². The Morgan fingerprint density at radius 2 is 1.69 bits per heavy atom. The molecule has 1 aromatic heterocycles. The third kappa shape index (κ3) is 3.88. The summed E-state index contributed by atoms with van der Waals surface area (Å²) in [4.78, 5) is 31.0. The molecule has 0 radical (unpaired) electrons. The number of benzene rings is 2. The minimum Gasteiger partial charge on any atom is -0.368 e. The zero-order chi connectivity index (χ0) is 20.6. The molecule has 1 N–H and O–H groups in total. The minimum atomic E-state index is -3.30. The molecule has 3 aromatic rings. The predicted molar refractivity (Wildman–Crippen MR) is 111 cm³/mol. The summed E-state index contributed by atoms with van der Waals surface area (Å²) in [6.07, 6.45) is 1.98. The first-order valence-corrected chi connectivity index (χ1v) is 11.2. The second-order valence-electron chi connectivity index (χ2n) is 7.19. The number of sulfone groups is 1. The monoisotopic (exact) mass is 411 g/mol. The molecule has 1 saturated heterocycles. The van der Waals surface area contributed by atoms with Crippen LogP contribution in [0.15, 0.2) is 53.4 Å². The molecular formula is C21H21N3O4S. The number of carbonyl (C=O) groups excluding carboxylic acids is 2. The Kier molecular flexibility index (Phi) is 4.87. The van der Waals surface area contributed by atoms with Gasteiger partial charge in [0, 0.05) is 54.6 Å². The van der Waals surface area contributed by atoms with Crippen LogP contribution < -0.4 is 4.90 Å². The molecule has 1 aliphatic heterocycles. The van der Waals surface area contributed by atoms with Gasteiger partial charge in [0.2, 0.25) is 0 Å². The molecule has 29 heavy (non-hydrogen) atoms. The van der Waals surface area contributed by atoms with E-state index in [4.69, 9.17) is 0 Å². The van der Waals surface area contributed by atoms with Crippen molar-refractivity contribution in [2.45, 2.75) is 4.90 Å². The van der Waals surface area contributed by atoms with E-state index < -0.39 is 9.84 Å². The number of H-pyrrole nitrogens is 1. The van der Waals surface area contributed by atoms with Crippen molar-refractivity contribution in [3.05, 3.63) is 59.8 Å². The maximum atomic E-state index is 12.9. The summed E-state index contributed by atoms with van der Waals surface area (Å²) >= 11 is 0. The number of fused-ring (bicyclic) bond motifs is 1. The van der Waals surface area contributed by atoms with Crippen LogP contribution in [0, 0.1) is 0 Å². The molecule has 0 atom stereocenters. The summed E-state index contributed by atoms with van der Waals surface area (Å²) in [7, 11) is -3.30. The first-order valence-electron chi connectivity index (χ1n) is 9.27. The van der Waals surface area contributed by atoms with Crippen LogP contribution in [-0.2, 0) is 9.84 Å². The van der Waals surface area contributed by atoms with Gasteiger partial charge >= 0.3 is 0 Å². The van der Waals surface area contributed by atoms with Crippen molar-refractivity contribution in [3.63, 3.8) is 0 Å². The molecule has 1 aliphatic rings. The number of aldehydes is 1. The molecule has 0 spiro atoms. The van der Waals surface area contributed by atoms with Crippen LogP contribution in [0.25, 0.3) is 10.9 Å². The largest absolute Gasteiger partial charge is 0.368 e. The van der Waals surface area contributed by atoms with Crippen LogP contribution in [0.1, 0.15) is 20.8 Å². The second-order valence-corrected chi connectivity index (χ2v) is 9.21. The lowest BCUT2D eigenvalue weighted by molar-refractivity contribution is 0.0741. The molecule has 0 bridgehead atoms. The Bertz CT molecular complexity index is 1170. The third-order valence-corrected chi connectivity index (χ3v) is 6.32. The van der Waals surface area contributed by atoms with Crippen molar-refractivity contribution in [2.75, 3.05) is 37.3 Å². The summed E-state index contributed by atoms with van der Waals surface area (Å²) < 4.78 is 23.5. The quantitative estimate of drug-likeness (QED) is 0.666. The smallest absolute Gasteiger partial charge is 0.270 e. The van der Waals surface area contributed by atoms with E-state index in [-0.39, 0.29) is 10.8 Å². The average molecular weight is 411 g/mol. The van der Waals surface area contributed by atoms with Gasteiger partial charge in [-0.25, -0.2) is 8.42 Å². The highest BCUT2D eigenvalue weighted by molar-refractivity contribution is 7.90. The Hall–Kier alpha value is -3.13. The molecule has 2 aromatic carbocycles. The highest BCUT2D eigenvalue weighted by Crippen LogP contribution is 2.22. The van der Waals surface area contributed by atoms with Gasteiger partial charge in [-0.05, 0) is 48.5 Å². The molecule has 2 heterocycles. The minimum absolute atomic E-state index is 0.0990. The summed E-state index contributed by atoms with van der Waals surface area (Å²) in [6, 6.07) is 13.9. The first kappa shape index (κ1) is 19.2. The normalized spacial score (nSPS) is 14.9. The number of nitrogens with one attached hydrogen (secondary N) is 1. The van der Waals surface area contributed by atoms with Crippen molar-refractivity contribution >= 4 is 38.6 Å². The van der Waals surface area contributed by atoms with Gasteiger partial charge in [-0.15, -0.1) is 0 Å². The van der Waals surface area contributed by atoms with Gasteiger partial charge < -0.3 is 14.8 Å². The number of hydrogen-bond donors (Lipinski definition) is 1. The van der Waals surface area contributed by atoms with E-state index in [0.29, 0.717) is 42.8 Å². The lowest BCUT2D eigenvalue weighted by atomic mass is 10.2. The second kappa shape index (κ2) is 7.36. The number of rotatable bonds is 4. The lowest BCUT2D eigenvalue weighted by Crippen LogP contribution is -2.48. The fraction of sp³-hybridized carbons (Fsp3) is 0.238. The number of amides is 1. The van der Waals surface area contributed by atoms with Crippen molar-refractivity contribution in [2.24, 2.45) is 0 Å². The number of anilines is 1. The summed E-state index contributed by atoms with van der Waals surface area (Å²) in [6.45, 7) is 2.56. The number of hydrogen-bond acceptors (Lipinski definition) is 5. The Morgan fingerprint density at radius 3 is 2.31 bits per heavy atom. The van der Waals surface area contributed by atoms with Crippen LogP contribution in [0.3, 0.4) is 0 Å². The van der Waals surface area contributed by atoms with Crippen LogP contribution in [0.5, 0.6) is 0 Å². The summed E-state index contributed by atoms with van der Waals surface area (Å²) in [5.41, 5.74) is 2.85. The van der Waals surface area contributed by atoms with Crippen molar-refractivity contribution in [1.29, 1.82) is 0 Å². The van der Waals surface area contributed by atoms with E-state index in [9.17, 15) is 18.0 Å². The molecule has 150 valence electrons. The van der Waals surface area contributed by atoms with Gasteiger partial charge in [0.05, 0.1) is 4.90 Å². The SMILES string of the molecule is CS(=O)(=O)c1ccc2[nH]c(C(=O)N3CCN(c4ccc(C=O)cc4)CC3)cc2c1. The van der Waals surface area contributed by atoms with Gasteiger partial charge in [-0.2, -0.15) is 0 Å². The fourth-order valence-electron chi connectivity index (χ4n) is 3.56. The first-order chi connectivity index (χ1) is 13.8. The number of aromatic nitrogens is 1. The molecule has 4 rings (SSSR count). The summed E-state index contributed by atoms with van der Waals surface area (Å²) in [5.74, 6) is -0.0990. The van der Waals surface area contributed by atoms with Crippen molar-refractivity contribution < 1.29 is 18.0 Å². The Balaban J connectivity index is 1.47. The number of piperazine rings is 1. The lowest BCUT2D eigenvalue weighted by Gasteiger charge is -2.36. The van der Waals surface area contributed by atoms with Crippen molar-refractivity contribution in [1.82, 2.24) is 9.88 Å². The zero-order valence-corrected chi connectivity index (χ0v) is 16.8. The molecule has 0 unspecified atom stereocenters. The predicted octanol–water partition coefficient (Wildman–Crippen LogP) is 2.35. The third-order valence-electron chi connectivity index (χ3n) is 5.21. The van der Waals surface area contributed by atoms with Gasteiger partial charge in [0.1, 0.15) is 12.0 Å². The standard InChI is InChI=1S/C21H21N3O4S/c1-29(27,28)18-6-7-19-16(12-18)13-20(22-19)21(26)24-10-8-23(9-11-24)17-4-2-15(14-25)3-5-17/h2-7,12-14,22H,8-11H2,1H3. The van der Waals surface area contributed by atoms with E-state index in [1.54, 1.807) is 35.2 Å². The van der Waals surface area contributed by atoms with Gasteiger partial charge in [-0.1, -0.05) is 0 Å². The molecule has 1 fully saturated rings. The van der Waals surface area contributed by atoms with E-state index in [0.717, 1.165) is 17.5 Å². The molecule has 0 saturated carbocycles. The Labute approximate surface area is 168 Å². The van der Waals surface area contributed by atoms with Crippen LogP contribution in [-0.4, -0.2) is 62.9 Å². The highest BCUT2D eigenvalue weighted by atomic mass is 32.2. The van der Waals surface area contributed by atoms with Gasteiger partial charge in [-0.3, -0.25) is 9.59 Å². The van der Waals surface area contributed by atoms with Gasteiger partial charge in [0.15, 0.2) is 9.84 Å². The van der Waals surface area contributed by atoms with E-state index in [1.807, 2.05) is 12.1 Å². The maximum Gasteiger partial charge on any atom is 0.270 e. The van der Waals surface area contributed by atoms with Crippen molar-refractivity contribution in [3.8, 4) is 0 Å². The Morgan fingerprint density at radius 1 is 1.00 bits per heavy atom. The molecular weight excluding hydrogens is 390 g/mol. The van der Waals surface area contributed by atoms with E-state index in [2.05, 4.69) is 9.88 Å². The fourth-order valence-corrected chi connectivity index (χ4v) is 4.21. The number of aromatic amines is 1. The number of nitrogens with zero attached hydrogens (tertiary/aromatic N) is 2. The molecule has 1 amide bonds. The molecule has 8 heteroatoms. The summed E-state index contributed by atoms with van der Waals surface area (Å²) in [5, 5.41) is 0.699. The van der Waals surface area contributed by atoms with E-state index in [1.165, 1.54) is 12.3 Å². The van der Waals surface area contributed by atoms with Gasteiger partial charge in [0.25, 0.3) is 5.91 Å². The molecule has 0 aliphatic carbocycles. The average Bonchev–Trinajstić information content (AvgIpc) is 3.16. The van der Waals surface area contributed by atoms with E-state index >= 15 is 0 Å². The molecule has 7 nitrogen and oxygen atoms in total. The highest BCUT2D eigenvalue weighted by Gasteiger charge is 2.23. The zero-order valence-electron chi connectivity index (χ0n) is 16.0. The van der Waals surface area contributed by atoms with Crippen LogP contribution in [0.2, 0.25) is 0 Å².